The molecule has 3 fully saturated rings. The number of pyridine rings is 1. The van der Waals surface area contributed by atoms with Gasteiger partial charge in [-0.25, -0.2) is 0 Å². The second-order valence-corrected chi connectivity index (χ2v) is 11.4. The second-order valence-electron chi connectivity index (χ2n) is 11.4. The number of aliphatic hydroxyl groups excluding tert-OH is 2. The van der Waals surface area contributed by atoms with Crippen molar-refractivity contribution in [3.05, 3.63) is 65.5 Å². The third-order valence-electron chi connectivity index (χ3n) is 9.98. The highest BCUT2D eigenvalue weighted by atomic mass is 16.5. The van der Waals surface area contributed by atoms with Gasteiger partial charge in [0.1, 0.15) is 6.10 Å². The minimum atomic E-state index is -0.943. The van der Waals surface area contributed by atoms with Crippen LogP contribution in [0.5, 0.6) is 0 Å². The fourth-order valence-corrected chi connectivity index (χ4v) is 8.36. The monoisotopic (exact) mass is 444 g/mol. The Bertz CT molecular complexity index is 1220. The molecule has 0 amide bonds. The quantitative estimate of drug-likeness (QED) is 0.624. The molecular weight excluding hydrogens is 412 g/mol. The number of nitrogens with zero attached hydrogens (tertiary/aromatic N) is 1. The number of ether oxygens (including phenoxy) is 1. The lowest BCUT2D eigenvalue weighted by Gasteiger charge is -2.55. The summed E-state index contributed by atoms with van der Waals surface area (Å²) < 4.78 is 7.11. The summed E-state index contributed by atoms with van der Waals surface area (Å²) in [5, 5.41) is 23.7. The number of nitrogens with two attached hydrogens (primary N) is 1. The van der Waals surface area contributed by atoms with Gasteiger partial charge < -0.3 is 20.7 Å². The van der Waals surface area contributed by atoms with Crippen molar-refractivity contribution in [1.29, 1.82) is 0 Å². The largest absolute Gasteiger partial charge is 0.388 e. The van der Waals surface area contributed by atoms with Gasteiger partial charge in [0.2, 0.25) is 0 Å². The molecule has 2 saturated carbocycles. The number of aromatic nitrogens is 1. The standard InChI is InChI=1S/C28H32N2O3/c1-26-8-6-19-13-21-24(31)25(32)22(29)14-27(21)9-10-28(19,33-27)23(26)5-4-20(26)17-3-2-16-7-11-30-15-18(16)12-17/h2-3,6-7,11-13,15,20,22-25,31-32H,4-5,8-10,14,29H2,1H3/t20-,22+,23-,24-,25-,26-,27-,28-/m1/s1. The van der Waals surface area contributed by atoms with Crippen molar-refractivity contribution in [2.45, 2.75) is 80.8 Å². The van der Waals surface area contributed by atoms with E-state index in [1.165, 1.54) is 21.9 Å². The van der Waals surface area contributed by atoms with Crippen molar-refractivity contribution < 1.29 is 14.9 Å². The second kappa shape index (κ2) is 6.54. The summed E-state index contributed by atoms with van der Waals surface area (Å²) in [5.74, 6) is 0.905. The summed E-state index contributed by atoms with van der Waals surface area (Å²) in [7, 11) is 0. The zero-order valence-corrected chi connectivity index (χ0v) is 19.1. The summed E-state index contributed by atoms with van der Waals surface area (Å²) in [5.41, 5.74) is 9.02. The van der Waals surface area contributed by atoms with Crippen LogP contribution in [0.2, 0.25) is 0 Å². The Morgan fingerprint density at radius 1 is 1.12 bits per heavy atom. The van der Waals surface area contributed by atoms with Crippen LogP contribution in [0.3, 0.4) is 0 Å². The van der Waals surface area contributed by atoms with E-state index in [1.807, 2.05) is 12.4 Å². The number of aliphatic hydroxyl groups is 2. The minimum Gasteiger partial charge on any atom is -0.388 e. The number of hydrogen-bond donors (Lipinski definition) is 3. The first-order valence-electron chi connectivity index (χ1n) is 12.4. The van der Waals surface area contributed by atoms with Gasteiger partial charge >= 0.3 is 0 Å². The Kier molecular flexibility index (Phi) is 4.03. The van der Waals surface area contributed by atoms with E-state index in [0.717, 1.165) is 37.7 Å². The number of fused-ring (bicyclic) bond motifs is 2. The SMILES string of the molecule is C[C@]12CC=C3C=C4[C@@H](O)[C@H](O)[C@@H](N)C[C@]45CC[C@]3(O5)[C@@H]1CC[C@@H]2c1ccc2ccncc2c1. The van der Waals surface area contributed by atoms with Crippen LogP contribution < -0.4 is 5.73 Å². The Balaban J connectivity index is 1.31. The molecule has 0 unspecified atom stereocenters. The zero-order valence-electron chi connectivity index (χ0n) is 19.1. The topological polar surface area (TPSA) is 88.6 Å². The molecule has 172 valence electrons. The van der Waals surface area contributed by atoms with Crippen LogP contribution in [-0.4, -0.2) is 44.6 Å². The van der Waals surface area contributed by atoms with Gasteiger partial charge in [0, 0.05) is 23.8 Å². The van der Waals surface area contributed by atoms with Crippen molar-refractivity contribution in [3.63, 3.8) is 0 Å². The fraction of sp³-hybridized carbons (Fsp3) is 0.536. The fourth-order valence-electron chi connectivity index (χ4n) is 8.36. The van der Waals surface area contributed by atoms with Gasteiger partial charge in [0.05, 0.1) is 17.3 Å². The first kappa shape index (κ1) is 20.3. The van der Waals surface area contributed by atoms with Gasteiger partial charge in [-0.1, -0.05) is 31.2 Å². The highest BCUT2D eigenvalue weighted by Crippen LogP contribution is 2.69. The molecule has 33 heavy (non-hydrogen) atoms. The molecule has 2 bridgehead atoms. The van der Waals surface area contributed by atoms with E-state index in [1.54, 1.807) is 0 Å². The van der Waals surface area contributed by atoms with E-state index >= 15 is 0 Å². The number of benzene rings is 1. The van der Waals surface area contributed by atoms with E-state index in [9.17, 15) is 10.2 Å². The molecule has 7 rings (SSSR count). The number of hydrogen-bond acceptors (Lipinski definition) is 5. The van der Waals surface area contributed by atoms with E-state index in [4.69, 9.17) is 10.5 Å². The molecule has 1 saturated heterocycles. The third-order valence-corrected chi connectivity index (χ3v) is 9.98. The average molecular weight is 445 g/mol. The van der Waals surface area contributed by atoms with Crippen LogP contribution in [0.15, 0.2) is 60.0 Å². The van der Waals surface area contributed by atoms with Crippen LogP contribution in [0.4, 0.5) is 0 Å². The molecule has 1 aromatic carbocycles. The predicted molar refractivity (Wildman–Crippen MR) is 126 cm³/mol. The Morgan fingerprint density at radius 3 is 2.88 bits per heavy atom. The maximum atomic E-state index is 10.9. The van der Waals surface area contributed by atoms with Crippen LogP contribution in [0.1, 0.15) is 56.9 Å². The molecule has 2 aliphatic heterocycles. The summed E-state index contributed by atoms with van der Waals surface area (Å²) in [4.78, 5) is 4.33. The predicted octanol–water partition coefficient (Wildman–Crippen LogP) is 3.75. The van der Waals surface area contributed by atoms with Gasteiger partial charge in [-0.2, -0.15) is 0 Å². The summed E-state index contributed by atoms with van der Waals surface area (Å²) in [6.45, 7) is 2.46. The molecule has 5 nitrogen and oxygen atoms in total. The summed E-state index contributed by atoms with van der Waals surface area (Å²) in [6, 6.07) is 8.50. The van der Waals surface area contributed by atoms with Crippen LogP contribution in [-0.2, 0) is 4.74 Å². The van der Waals surface area contributed by atoms with Gasteiger partial charge in [-0.15, -0.1) is 0 Å². The van der Waals surface area contributed by atoms with Crippen LogP contribution in [0, 0.1) is 11.3 Å². The van der Waals surface area contributed by atoms with Gasteiger partial charge in [-0.3, -0.25) is 4.98 Å². The van der Waals surface area contributed by atoms with Gasteiger partial charge in [0.15, 0.2) is 0 Å². The van der Waals surface area contributed by atoms with E-state index in [0.29, 0.717) is 18.3 Å². The average Bonchev–Trinajstić information content (AvgIpc) is 3.33. The van der Waals surface area contributed by atoms with Gasteiger partial charge in [0.25, 0.3) is 0 Å². The first-order chi connectivity index (χ1) is 15.9. The smallest absolute Gasteiger partial charge is 0.105 e. The van der Waals surface area contributed by atoms with E-state index < -0.39 is 23.9 Å². The van der Waals surface area contributed by atoms with Crippen LogP contribution >= 0.6 is 0 Å². The molecule has 5 heteroatoms. The third kappa shape index (κ3) is 2.49. The molecule has 2 spiro atoms. The van der Waals surface area contributed by atoms with Gasteiger partial charge in [-0.05, 0) is 90.0 Å². The number of rotatable bonds is 1. The van der Waals surface area contributed by atoms with E-state index in [-0.39, 0.29) is 11.0 Å². The molecule has 2 aromatic rings. The lowest BCUT2D eigenvalue weighted by Crippen LogP contribution is -2.61. The van der Waals surface area contributed by atoms with Crippen molar-refractivity contribution >= 4 is 10.8 Å². The van der Waals surface area contributed by atoms with E-state index in [2.05, 4.69) is 48.3 Å². The Hall–Kier alpha value is -2.05. The first-order valence-corrected chi connectivity index (χ1v) is 12.4. The minimum absolute atomic E-state index is 0.116. The zero-order chi connectivity index (χ0) is 22.6. The summed E-state index contributed by atoms with van der Waals surface area (Å²) >= 11 is 0. The molecule has 3 aliphatic carbocycles. The van der Waals surface area contributed by atoms with Crippen molar-refractivity contribution in [1.82, 2.24) is 4.98 Å². The van der Waals surface area contributed by atoms with Crippen molar-refractivity contribution in [2.24, 2.45) is 17.1 Å². The maximum absolute atomic E-state index is 10.9. The number of allylic oxidation sites excluding steroid dienone is 1. The maximum Gasteiger partial charge on any atom is 0.105 e. The normalized spacial score (nSPS) is 45.8. The Labute approximate surface area is 194 Å². The molecular formula is C28H32N2O3. The molecule has 5 aliphatic rings. The van der Waals surface area contributed by atoms with Crippen LogP contribution in [0.25, 0.3) is 10.8 Å². The Morgan fingerprint density at radius 2 is 2.00 bits per heavy atom. The van der Waals surface area contributed by atoms with Crippen molar-refractivity contribution in [3.8, 4) is 0 Å². The molecule has 0 radical (unpaired) electrons. The lowest BCUT2D eigenvalue weighted by molar-refractivity contribution is -0.155. The molecule has 4 N–H and O–H groups in total. The molecule has 3 heterocycles. The van der Waals surface area contributed by atoms with Crippen molar-refractivity contribution in [2.75, 3.05) is 0 Å². The highest BCUT2D eigenvalue weighted by molar-refractivity contribution is 5.82. The lowest BCUT2D eigenvalue weighted by atomic mass is 9.58. The molecule has 8 atom stereocenters. The summed E-state index contributed by atoms with van der Waals surface area (Å²) in [6.07, 6.45) is 12.2. The molecule has 1 aromatic heterocycles. The highest BCUT2D eigenvalue weighted by Gasteiger charge is 2.67.